The number of rotatable bonds is 2. The lowest BCUT2D eigenvalue weighted by molar-refractivity contribution is 0.0734. The summed E-state index contributed by atoms with van der Waals surface area (Å²) in [5.74, 6) is 0.725. The molecular weight excluding hydrogens is 324 g/mol. The zero-order chi connectivity index (χ0) is 16.7. The standard InChI is InChI=1S/C19H17ClN2O2/c1-24-14-4-2-3-12(9-14)19(23)22-8-7-17-16(11-22)15-6-5-13(20)10-18(15)21-17/h2-6,9-10,21H,7-8,11H2,1H3. The van der Waals surface area contributed by atoms with Crippen LogP contribution in [0.15, 0.2) is 42.5 Å². The third kappa shape index (κ3) is 2.53. The van der Waals surface area contributed by atoms with Crippen molar-refractivity contribution in [3.63, 3.8) is 0 Å². The van der Waals surface area contributed by atoms with Crippen molar-refractivity contribution < 1.29 is 9.53 Å². The van der Waals surface area contributed by atoms with Crippen molar-refractivity contribution in [3.8, 4) is 5.75 Å². The molecule has 1 N–H and O–H groups in total. The number of carbonyl (C=O) groups excluding carboxylic acids is 1. The lowest BCUT2D eigenvalue weighted by atomic mass is 10.0. The molecule has 4 rings (SSSR count). The number of methoxy groups -OCH3 is 1. The summed E-state index contributed by atoms with van der Waals surface area (Å²) >= 11 is 6.07. The predicted octanol–water partition coefficient (Wildman–Crippen LogP) is 4.03. The van der Waals surface area contributed by atoms with Gasteiger partial charge in [-0.2, -0.15) is 0 Å². The maximum atomic E-state index is 12.8. The zero-order valence-electron chi connectivity index (χ0n) is 13.3. The van der Waals surface area contributed by atoms with E-state index in [0.717, 1.165) is 17.3 Å². The van der Waals surface area contributed by atoms with E-state index < -0.39 is 0 Å². The number of amides is 1. The van der Waals surface area contributed by atoms with E-state index in [2.05, 4.69) is 4.98 Å². The van der Waals surface area contributed by atoms with Crippen molar-refractivity contribution in [2.75, 3.05) is 13.7 Å². The Morgan fingerprint density at radius 3 is 2.96 bits per heavy atom. The topological polar surface area (TPSA) is 45.3 Å². The van der Waals surface area contributed by atoms with Crippen LogP contribution in [-0.2, 0) is 13.0 Å². The molecular formula is C19H17ClN2O2. The fourth-order valence-corrected chi connectivity index (χ4v) is 3.48. The SMILES string of the molecule is COc1cccc(C(=O)N2CCc3[nH]c4cc(Cl)ccc4c3C2)c1. The number of nitrogens with zero attached hydrogens (tertiary/aromatic N) is 1. The Balaban J connectivity index is 1.66. The van der Waals surface area contributed by atoms with E-state index >= 15 is 0 Å². The Hall–Kier alpha value is -2.46. The highest BCUT2D eigenvalue weighted by Gasteiger charge is 2.25. The van der Waals surface area contributed by atoms with Gasteiger partial charge in [-0.25, -0.2) is 0 Å². The highest BCUT2D eigenvalue weighted by atomic mass is 35.5. The number of aromatic nitrogens is 1. The molecule has 1 aliphatic heterocycles. The summed E-state index contributed by atoms with van der Waals surface area (Å²) in [5.41, 5.74) is 4.06. The van der Waals surface area contributed by atoms with Gasteiger partial charge in [0.2, 0.25) is 0 Å². The number of benzene rings is 2. The van der Waals surface area contributed by atoms with Crippen LogP contribution in [0.2, 0.25) is 5.02 Å². The molecule has 1 aliphatic rings. The summed E-state index contributed by atoms with van der Waals surface area (Å²) in [6, 6.07) is 13.1. The van der Waals surface area contributed by atoms with E-state index in [-0.39, 0.29) is 5.91 Å². The number of hydrogen-bond donors (Lipinski definition) is 1. The van der Waals surface area contributed by atoms with Crippen molar-refractivity contribution in [2.45, 2.75) is 13.0 Å². The average molecular weight is 341 g/mol. The molecule has 4 nitrogen and oxygen atoms in total. The van der Waals surface area contributed by atoms with E-state index in [1.54, 1.807) is 13.2 Å². The second-order valence-electron chi connectivity index (χ2n) is 5.98. The highest BCUT2D eigenvalue weighted by molar-refractivity contribution is 6.31. The summed E-state index contributed by atoms with van der Waals surface area (Å²) < 4.78 is 5.22. The molecule has 2 heterocycles. The van der Waals surface area contributed by atoms with E-state index in [1.165, 1.54) is 11.3 Å². The molecule has 3 aromatic rings. The first-order valence-electron chi connectivity index (χ1n) is 7.88. The third-order valence-electron chi connectivity index (χ3n) is 4.54. The maximum absolute atomic E-state index is 12.8. The van der Waals surface area contributed by atoms with Crippen molar-refractivity contribution in [1.82, 2.24) is 9.88 Å². The quantitative estimate of drug-likeness (QED) is 0.765. The molecule has 0 unspecified atom stereocenters. The third-order valence-corrected chi connectivity index (χ3v) is 4.78. The molecule has 0 radical (unpaired) electrons. The lowest BCUT2D eigenvalue weighted by Crippen LogP contribution is -2.35. The van der Waals surface area contributed by atoms with Gasteiger partial charge < -0.3 is 14.6 Å². The molecule has 0 fully saturated rings. The maximum Gasteiger partial charge on any atom is 0.254 e. The first kappa shape index (κ1) is 15.1. The Morgan fingerprint density at radius 2 is 2.12 bits per heavy atom. The second-order valence-corrected chi connectivity index (χ2v) is 6.42. The molecule has 1 amide bonds. The molecule has 2 aromatic carbocycles. The van der Waals surface area contributed by atoms with Crippen LogP contribution < -0.4 is 4.74 Å². The molecule has 0 spiro atoms. The van der Waals surface area contributed by atoms with Crippen LogP contribution in [0.4, 0.5) is 0 Å². The van der Waals surface area contributed by atoms with Crippen LogP contribution in [0, 0.1) is 0 Å². The Bertz CT molecular complexity index is 932. The molecule has 122 valence electrons. The summed E-state index contributed by atoms with van der Waals surface area (Å²) in [7, 11) is 1.60. The number of halogens is 1. The molecule has 5 heteroatoms. The van der Waals surface area contributed by atoms with Gasteiger partial charge in [-0.05, 0) is 30.3 Å². The Labute approximate surface area is 145 Å². The second kappa shape index (κ2) is 5.87. The molecule has 0 aliphatic carbocycles. The number of nitrogens with one attached hydrogen (secondary N) is 1. The van der Waals surface area contributed by atoms with E-state index in [4.69, 9.17) is 16.3 Å². The van der Waals surface area contributed by atoms with Gasteiger partial charge in [0, 0.05) is 52.3 Å². The van der Waals surface area contributed by atoms with Gasteiger partial charge in [0.1, 0.15) is 5.75 Å². The van der Waals surface area contributed by atoms with Gasteiger partial charge in [0.05, 0.1) is 7.11 Å². The van der Waals surface area contributed by atoms with Gasteiger partial charge in [-0.3, -0.25) is 4.79 Å². The van der Waals surface area contributed by atoms with Crippen molar-refractivity contribution in [2.24, 2.45) is 0 Å². The van der Waals surface area contributed by atoms with Gasteiger partial charge in [0.15, 0.2) is 0 Å². The van der Waals surface area contributed by atoms with Gasteiger partial charge in [0.25, 0.3) is 5.91 Å². The summed E-state index contributed by atoms with van der Waals surface area (Å²) in [4.78, 5) is 18.1. The zero-order valence-corrected chi connectivity index (χ0v) is 14.1. The fourth-order valence-electron chi connectivity index (χ4n) is 3.31. The normalized spacial score (nSPS) is 13.8. The van der Waals surface area contributed by atoms with Crippen LogP contribution >= 0.6 is 11.6 Å². The minimum absolute atomic E-state index is 0.0304. The number of ether oxygens (including phenoxy) is 1. The van der Waals surface area contributed by atoms with Crippen molar-refractivity contribution in [1.29, 1.82) is 0 Å². The van der Waals surface area contributed by atoms with Gasteiger partial charge in [-0.1, -0.05) is 23.7 Å². The largest absolute Gasteiger partial charge is 0.497 e. The summed E-state index contributed by atoms with van der Waals surface area (Å²) in [5, 5.41) is 1.85. The van der Waals surface area contributed by atoms with E-state index in [1.807, 2.05) is 41.3 Å². The van der Waals surface area contributed by atoms with Crippen molar-refractivity contribution in [3.05, 3.63) is 64.3 Å². The minimum atomic E-state index is 0.0304. The molecule has 0 atom stereocenters. The number of fused-ring (bicyclic) bond motifs is 3. The predicted molar refractivity (Wildman–Crippen MR) is 94.7 cm³/mol. The van der Waals surface area contributed by atoms with Crippen molar-refractivity contribution >= 4 is 28.4 Å². The number of aromatic amines is 1. The van der Waals surface area contributed by atoms with Crippen LogP contribution in [0.1, 0.15) is 21.6 Å². The number of H-pyrrole nitrogens is 1. The number of hydrogen-bond acceptors (Lipinski definition) is 2. The molecule has 24 heavy (non-hydrogen) atoms. The van der Waals surface area contributed by atoms with Crippen LogP contribution in [0.3, 0.4) is 0 Å². The van der Waals surface area contributed by atoms with Crippen LogP contribution in [0.5, 0.6) is 5.75 Å². The molecule has 1 aromatic heterocycles. The van der Waals surface area contributed by atoms with Crippen LogP contribution in [0.25, 0.3) is 10.9 Å². The van der Waals surface area contributed by atoms with Gasteiger partial charge in [-0.15, -0.1) is 0 Å². The van der Waals surface area contributed by atoms with Gasteiger partial charge >= 0.3 is 0 Å². The van der Waals surface area contributed by atoms with E-state index in [9.17, 15) is 4.79 Å². The summed E-state index contributed by atoms with van der Waals surface area (Å²) in [6.07, 6.45) is 0.817. The lowest BCUT2D eigenvalue weighted by Gasteiger charge is -2.27. The monoisotopic (exact) mass is 340 g/mol. The first-order valence-corrected chi connectivity index (χ1v) is 8.26. The smallest absolute Gasteiger partial charge is 0.254 e. The fraction of sp³-hybridized carbons (Fsp3) is 0.211. The minimum Gasteiger partial charge on any atom is -0.497 e. The Kier molecular flexibility index (Phi) is 3.69. The molecule has 0 bridgehead atoms. The molecule has 0 saturated heterocycles. The first-order chi connectivity index (χ1) is 11.7. The summed E-state index contributed by atoms with van der Waals surface area (Å²) in [6.45, 7) is 1.30. The Morgan fingerprint density at radius 1 is 1.25 bits per heavy atom. The van der Waals surface area contributed by atoms with E-state index in [0.29, 0.717) is 29.4 Å². The highest BCUT2D eigenvalue weighted by Crippen LogP contribution is 2.30. The average Bonchev–Trinajstić information content (AvgIpc) is 2.97. The number of carbonyl (C=O) groups is 1. The molecule has 0 saturated carbocycles. The van der Waals surface area contributed by atoms with Crippen LogP contribution in [-0.4, -0.2) is 29.4 Å².